The van der Waals surface area contributed by atoms with Crippen molar-refractivity contribution in [3.8, 4) is 0 Å². The largest absolute Gasteiger partial charge is 0.378 e. The van der Waals surface area contributed by atoms with Crippen LogP contribution in [0.5, 0.6) is 0 Å². The van der Waals surface area contributed by atoms with Crippen LogP contribution < -0.4 is 5.32 Å². The molecule has 0 aliphatic carbocycles. The molecule has 0 saturated carbocycles. The Hall–Kier alpha value is -2.28. The van der Waals surface area contributed by atoms with Gasteiger partial charge < -0.3 is 9.64 Å². The Morgan fingerprint density at radius 3 is 3.00 bits per heavy atom. The van der Waals surface area contributed by atoms with Gasteiger partial charge in [0.25, 0.3) is 0 Å². The first-order chi connectivity index (χ1) is 9.33. The summed E-state index contributed by atoms with van der Waals surface area (Å²) in [7, 11) is 0. The number of amides is 2. The van der Waals surface area contributed by atoms with Crippen LogP contribution in [0, 0.1) is 0 Å². The number of nitrogens with one attached hydrogen (secondary N) is 1. The predicted molar refractivity (Wildman–Crippen MR) is 68.7 cm³/mol. The summed E-state index contributed by atoms with van der Waals surface area (Å²) in [5.74, 6) is 0.489. The number of urea groups is 1. The van der Waals surface area contributed by atoms with E-state index < -0.39 is 0 Å². The van der Waals surface area contributed by atoms with Crippen LogP contribution in [0.3, 0.4) is 0 Å². The lowest BCUT2D eigenvalue weighted by atomic mass is 10.3. The van der Waals surface area contributed by atoms with Crippen molar-refractivity contribution in [3.05, 3.63) is 24.7 Å². The molecule has 0 aromatic carbocycles. The van der Waals surface area contributed by atoms with Crippen LogP contribution in [0.2, 0.25) is 0 Å². The molecule has 1 saturated heterocycles. The van der Waals surface area contributed by atoms with Gasteiger partial charge in [0.2, 0.25) is 0 Å². The molecule has 0 bridgehead atoms. The van der Waals surface area contributed by atoms with E-state index >= 15 is 0 Å². The van der Waals surface area contributed by atoms with Crippen LogP contribution in [0.1, 0.15) is 0 Å². The molecule has 0 spiro atoms. The average Bonchev–Trinajstić information content (AvgIpc) is 2.48. The van der Waals surface area contributed by atoms with Crippen LogP contribution in [0.25, 0.3) is 11.0 Å². The highest BCUT2D eigenvalue weighted by molar-refractivity contribution is 5.89. The maximum Gasteiger partial charge on any atom is 0.323 e. The van der Waals surface area contributed by atoms with E-state index in [4.69, 9.17) is 4.74 Å². The molecule has 1 fully saturated rings. The first-order valence-electron chi connectivity index (χ1n) is 6.03. The summed E-state index contributed by atoms with van der Waals surface area (Å²) in [5.41, 5.74) is 0.565. The molecule has 1 aliphatic heterocycles. The van der Waals surface area contributed by atoms with Crippen LogP contribution >= 0.6 is 0 Å². The van der Waals surface area contributed by atoms with Gasteiger partial charge in [-0.2, -0.15) is 0 Å². The number of pyridine rings is 1. The zero-order chi connectivity index (χ0) is 13.1. The Kier molecular flexibility index (Phi) is 3.20. The highest BCUT2D eigenvalue weighted by atomic mass is 16.5. The number of aromatic nitrogens is 3. The molecule has 7 heteroatoms. The number of anilines is 1. The van der Waals surface area contributed by atoms with Crippen molar-refractivity contribution in [1.82, 2.24) is 19.9 Å². The van der Waals surface area contributed by atoms with E-state index in [0.717, 1.165) is 5.39 Å². The summed E-state index contributed by atoms with van der Waals surface area (Å²) >= 11 is 0. The number of rotatable bonds is 1. The van der Waals surface area contributed by atoms with E-state index in [9.17, 15) is 4.79 Å². The van der Waals surface area contributed by atoms with E-state index in [0.29, 0.717) is 37.8 Å². The molecule has 2 amide bonds. The minimum atomic E-state index is -0.163. The molecule has 0 atom stereocenters. The number of ether oxygens (including phenoxy) is 1. The number of hydrogen-bond acceptors (Lipinski definition) is 5. The third-order valence-corrected chi connectivity index (χ3v) is 2.90. The summed E-state index contributed by atoms with van der Waals surface area (Å²) < 4.78 is 5.20. The normalized spacial score (nSPS) is 15.5. The summed E-state index contributed by atoms with van der Waals surface area (Å²) in [6.45, 7) is 2.35. The Bertz CT molecular complexity index is 597. The molecule has 0 radical (unpaired) electrons. The van der Waals surface area contributed by atoms with Gasteiger partial charge in [-0.1, -0.05) is 0 Å². The first-order valence-corrected chi connectivity index (χ1v) is 6.03. The number of hydrogen-bond donors (Lipinski definition) is 1. The highest BCUT2D eigenvalue weighted by Crippen LogP contribution is 2.12. The van der Waals surface area contributed by atoms with E-state index in [1.54, 1.807) is 17.2 Å². The molecule has 1 N–H and O–H groups in total. The van der Waals surface area contributed by atoms with Gasteiger partial charge in [-0.3, -0.25) is 5.32 Å². The molecule has 19 heavy (non-hydrogen) atoms. The van der Waals surface area contributed by atoms with E-state index in [-0.39, 0.29) is 6.03 Å². The lowest BCUT2D eigenvalue weighted by molar-refractivity contribution is 0.0564. The van der Waals surface area contributed by atoms with Crippen LogP contribution in [-0.4, -0.2) is 52.2 Å². The molecule has 3 rings (SSSR count). The third-order valence-electron chi connectivity index (χ3n) is 2.90. The quantitative estimate of drug-likeness (QED) is 0.822. The zero-order valence-corrected chi connectivity index (χ0v) is 10.2. The van der Waals surface area contributed by atoms with Gasteiger partial charge in [-0.05, 0) is 12.1 Å². The summed E-state index contributed by atoms with van der Waals surface area (Å²) in [6.07, 6.45) is 3.12. The Morgan fingerprint density at radius 2 is 2.16 bits per heavy atom. The van der Waals surface area contributed by atoms with Gasteiger partial charge in [0, 0.05) is 24.7 Å². The van der Waals surface area contributed by atoms with Crippen LogP contribution in [0.15, 0.2) is 24.7 Å². The fraction of sp³-hybridized carbons (Fsp3) is 0.333. The lowest BCUT2D eigenvalue weighted by Crippen LogP contribution is -2.43. The lowest BCUT2D eigenvalue weighted by Gasteiger charge is -2.26. The standard InChI is InChI=1S/C12H13N5O2/c18-12(17-3-5-19-6-4-17)16-10-2-1-9-7-13-8-14-11(9)15-10/h1-2,7-8H,3-6H2,(H,13,14,15,16,18). The van der Waals surface area contributed by atoms with Crippen molar-refractivity contribution in [2.75, 3.05) is 31.6 Å². The van der Waals surface area contributed by atoms with Crippen molar-refractivity contribution in [2.24, 2.45) is 0 Å². The molecule has 98 valence electrons. The van der Waals surface area contributed by atoms with Gasteiger partial charge >= 0.3 is 6.03 Å². The molecular weight excluding hydrogens is 246 g/mol. The van der Waals surface area contributed by atoms with Gasteiger partial charge in [-0.15, -0.1) is 0 Å². The van der Waals surface area contributed by atoms with Crippen molar-refractivity contribution in [3.63, 3.8) is 0 Å². The van der Waals surface area contributed by atoms with Crippen molar-refractivity contribution < 1.29 is 9.53 Å². The number of morpholine rings is 1. The molecule has 0 unspecified atom stereocenters. The average molecular weight is 259 g/mol. The van der Waals surface area contributed by atoms with Gasteiger partial charge in [0.1, 0.15) is 12.1 Å². The maximum atomic E-state index is 12.0. The Labute approximate surface area is 109 Å². The second-order valence-corrected chi connectivity index (χ2v) is 4.16. The van der Waals surface area contributed by atoms with Crippen molar-refractivity contribution in [1.29, 1.82) is 0 Å². The first kappa shape index (κ1) is 11.8. The molecule has 2 aromatic heterocycles. The fourth-order valence-corrected chi connectivity index (χ4v) is 1.89. The summed E-state index contributed by atoms with van der Waals surface area (Å²) in [4.78, 5) is 25.9. The molecule has 2 aromatic rings. The van der Waals surface area contributed by atoms with Gasteiger partial charge in [-0.25, -0.2) is 19.7 Å². The maximum absolute atomic E-state index is 12.0. The number of fused-ring (bicyclic) bond motifs is 1. The number of carbonyl (C=O) groups is 1. The van der Waals surface area contributed by atoms with Crippen molar-refractivity contribution in [2.45, 2.75) is 0 Å². The Morgan fingerprint density at radius 1 is 1.32 bits per heavy atom. The minimum Gasteiger partial charge on any atom is -0.378 e. The fourth-order valence-electron chi connectivity index (χ4n) is 1.89. The van der Waals surface area contributed by atoms with Crippen LogP contribution in [0.4, 0.5) is 10.6 Å². The minimum absolute atomic E-state index is 0.163. The second-order valence-electron chi connectivity index (χ2n) is 4.16. The van der Waals surface area contributed by atoms with E-state index in [1.807, 2.05) is 6.07 Å². The highest BCUT2D eigenvalue weighted by Gasteiger charge is 2.17. The molecule has 1 aliphatic rings. The number of nitrogens with zero attached hydrogens (tertiary/aromatic N) is 4. The zero-order valence-electron chi connectivity index (χ0n) is 10.2. The predicted octanol–water partition coefficient (Wildman–Crippen LogP) is 0.889. The number of carbonyl (C=O) groups excluding carboxylic acids is 1. The second kappa shape index (κ2) is 5.15. The molecule has 3 heterocycles. The van der Waals surface area contributed by atoms with Crippen LogP contribution in [-0.2, 0) is 4.74 Å². The smallest absolute Gasteiger partial charge is 0.323 e. The summed E-state index contributed by atoms with van der Waals surface area (Å²) in [5, 5.41) is 3.60. The van der Waals surface area contributed by atoms with Crippen molar-refractivity contribution >= 4 is 22.9 Å². The van der Waals surface area contributed by atoms with E-state index in [1.165, 1.54) is 6.33 Å². The topological polar surface area (TPSA) is 80.2 Å². The molecular formula is C12H13N5O2. The van der Waals surface area contributed by atoms with Gasteiger partial charge in [0.15, 0.2) is 5.65 Å². The third kappa shape index (κ3) is 2.60. The van der Waals surface area contributed by atoms with E-state index in [2.05, 4.69) is 20.3 Å². The Balaban J connectivity index is 1.75. The van der Waals surface area contributed by atoms with Gasteiger partial charge in [0.05, 0.1) is 13.2 Å². The molecule has 7 nitrogen and oxygen atoms in total. The summed E-state index contributed by atoms with van der Waals surface area (Å²) in [6, 6.07) is 3.41. The SMILES string of the molecule is O=C(Nc1ccc2cncnc2n1)N1CCOCC1. The monoisotopic (exact) mass is 259 g/mol.